The summed E-state index contributed by atoms with van der Waals surface area (Å²) in [6.07, 6.45) is 0. The molecule has 1 N–H and O–H groups in total. The van der Waals surface area contributed by atoms with Gasteiger partial charge in [0.25, 0.3) is 5.91 Å². The Hall–Kier alpha value is -3.22. The third-order valence-electron chi connectivity index (χ3n) is 4.95. The SMILES string of the molecule is CC(=O)Nc1cc(C(=O)N2CCN(S(=O)(=O)c3ccccc3C#N)CC2)ccc1C. The highest BCUT2D eigenvalue weighted by molar-refractivity contribution is 7.89. The van der Waals surface area contributed by atoms with Crippen molar-refractivity contribution in [2.24, 2.45) is 0 Å². The summed E-state index contributed by atoms with van der Waals surface area (Å²) in [5, 5.41) is 11.9. The molecule has 1 aliphatic rings. The number of sulfonamides is 1. The van der Waals surface area contributed by atoms with E-state index in [1.165, 1.54) is 23.4 Å². The van der Waals surface area contributed by atoms with Crippen molar-refractivity contribution in [1.82, 2.24) is 9.21 Å². The smallest absolute Gasteiger partial charge is 0.254 e. The number of anilines is 1. The Morgan fingerprint density at radius 3 is 2.37 bits per heavy atom. The van der Waals surface area contributed by atoms with E-state index in [1.807, 2.05) is 13.0 Å². The summed E-state index contributed by atoms with van der Waals surface area (Å²) in [5.41, 5.74) is 1.94. The first-order chi connectivity index (χ1) is 14.2. The molecule has 0 atom stereocenters. The van der Waals surface area contributed by atoms with Crippen LogP contribution in [-0.2, 0) is 14.8 Å². The largest absolute Gasteiger partial charge is 0.336 e. The van der Waals surface area contributed by atoms with Crippen LogP contribution in [-0.4, -0.2) is 55.6 Å². The molecule has 0 aromatic heterocycles. The molecular weight excluding hydrogens is 404 g/mol. The molecule has 0 saturated carbocycles. The molecular formula is C21H22N4O4S. The highest BCUT2D eigenvalue weighted by Gasteiger charge is 2.32. The molecule has 2 aromatic rings. The summed E-state index contributed by atoms with van der Waals surface area (Å²) in [6.45, 7) is 3.98. The number of amides is 2. The second-order valence-corrected chi connectivity index (χ2v) is 8.92. The van der Waals surface area contributed by atoms with E-state index >= 15 is 0 Å². The minimum Gasteiger partial charge on any atom is -0.336 e. The van der Waals surface area contributed by atoms with Gasteiger partial charge >= 0.3 is 0 Å². The van der Waals surface area contributed by atoms with E-state index in [2.05, 4.69) is 5.32 Å². The molecule has 0 aliphatic carbocycles. The molecule has 8 nitrogen and oxygen atoms in total. The number of hydrogen-bond acceptors (Lipinski definition) is 5. The summed E-state index contributed by atoms with van der Waals surface area (Å²) in [5.74, 6) is -0.449. The van der Waals surface area contributed by atoms with Crippen LogP contribution in [0.4, 0.5) is 5.69 Å². The molecule has 0 radical (unpaired) electrons. The lowest BCUT2D eigenvalue weighted by atomic mass is 10.1. The fraction of sp³-hybridized carbons (Fsp3) is 0.286. The molecule has 0 spiro atoms. The lowest BCUT2D eigenvalue weighted by molar-refractivity contribution is -0.114. The zero-order valence-electron chi connectivity index (χ0n) is 16.8. The molecule has 9 heteroatoms. The van der Waals surface area contributed by atoms with Gasteiger partial charge in [-0.25, -0.2) is 8.42 Å². The lowest BCUT2D eigenvalue weighted by Crippen LogP contribution is -2.50. The summed E-state index contributed by atoms with van der Waals surface area (Å²) in [7, 11) is -3.82. The van der Waals surface area contributed by atoms with E-state index in [-0.39, 0.29) is 48.5 Å². The minimum atomic E-state index is -3.82. The van der Waals surface area contributed by atoms with Crippen LogP contribution < -0.4 is 5.32 Å². The van der Waals surface area contributed by atoms with Crippen LogP contribution in [0.2, 0.25) is 0 Å². The van der Waals surface area contributed by atoms with Gasteiger partial charge in [0.1, 0.15) is 6.07 Å². The molecule has 3 rings (SSSR count). The topological polar surface area (TPSA) is 111 Å². The number of nitrogens with zero attached hydrogens (tertiary/aromatic N) is 3. The Bertz CT molecular complexity index is 1130. The van der Waals surface area contributed by atoms with Crippen molar-refractivity contribution in [2.45, 2.75) is 18.7 Å². The van der Waals surface area contributed by atoms with Gasteiger partial charge in [0, 0.05) is 44.4 Å². The van der Waals surface area contributed by atoms with Crippen molar-refractivity contribution in [3.8, 4) is 6.07 Å². The van der Waals surface area contributed by atoms with Crippen LogP contribution in [0.3, 0.4) is 0 Å². The van der Waals surface area contributed by atoms with Gasteiger partial charge in [-0.15, -0.1) is 0 Å². The molecule has 0 bridgehead atoms. The first-order valence-electron chi connectivity index (χ1n) is 9.41. The first-order valence-corrected chi connectivity index (χ1v) is 10.8. The van der Waals surface area contributed by atoms with Gasteiger partial charge in [0.15, 0.2) is 0 Å². The third kappa shape index (κ3) is 4.35. The second-order valence-electron chi connectivity index (χ2n) is 7.02. The third-order valence-corrected chi connectivity index (χ3v) is 6.90. The maximum atomic E-state index is 12.9. The lowest BCUT2D eigenvalue weighted by Gasteiger charge is -2.34. The molecule has 30 heavy (non-hydrogen) atoms. The number of carbonyl (C=O) groups excluding carboxylic acids is 2. The van der Waals surface area contributed by atoms with E-state index in [4.69, 9.17) is 0 Å². The molecule has 2 amide bonds. The van der Waals surface area contributed by atoms with Crippen molar-refractivity contribution >= 4 is 27.5 Å². The summed E-state index contributed by atoms with van der Waals surface area (Å²) < 4.78 is 27.2. The molecule has 1 fully saturated rings. The molecule has 1 saturated heterocycles. The van der Waals surface area contributed by atoms with Gasteiger partial charge in [-0.05, 0) is 36.8 Å². The van der Waals surface area contributed by atoms with Crippen LogP contribution in [0.1, 0.15) is 28.4 Å². The van der Waals surface area contributed by atoms with E-state index in [0.29, 0.717) is 11.3 Å². The first kappa shape index (κ1) is 21.5. The van der Waals surface area contributed by atoms with Gasteiger partial charge in [-0.2, -0.15) is 9.57 Å². The number of nitrogens with one attached hydrogen (secondary N) is 1. The predicted octanol–water partition coefficient (Wildman–Crippen LogP) is 1.97. The van der Waals surface area contributed by atoms with Gasteiger partial charge in [0.2, 0.25) is 15.9 Å². The van der Waals surface area contributed by atoms with Gasteiger partial charge < -0.3 is 10.2 Å². The number of nitriles is 1. The maximum Gasteiger partial charge on any atom is 0.254 e. The highest BCUT2D eigenvalue weighted by Crippen LogP contribution is 2.23. The fourth-order valence-corrected chi connectivity index (χ4v) is 4.88. The fourth-order valence-electron chi connectivity index (χ4n) is 3.32. The van der Waals surface area contributed by atoms with Crippen molar-refractivity contribution < 1.29 is 18.0 Å². The van der Waals surface area contributed by atoms with Crippen LogP contribution in [0.25, 0.3) is 0 Å². The second kappa shape index (κ2) is 8.65. The summed E-state index contributed by atoms with van der Waals surface area (Å²) in [4.78, 5) is 25.8. The quantitative estimate of drug-likeness (QED) is 0.804. The Morgan fingerprint density at radius 1 is 1.07 bits per heavy atom. The van der Waals surface area contributed by atoms with E-state index in [0.717, 1.165) is 5.56 Å². The monoisotopic (exact) mass is 426 g/mol. The molecule has 2 aromatic carbocycles. The molecule has 1 aliphatic heterocycles. The van der Waals surface area contributed by atoms with E-state index < -0.39 is 10.0 Å². The Morgan fingerprint density at radius 2 is 1.73 bits per heavy atom. The number of benzene rings is 2. The number of aryl methyl sites for hydroxylation is 1. The highest BCUT2D eigenvalue weighted by atomic mass is 32.2. The van der Waals surface area contributed by atoms with Crippen molar-refractivity contribution in [3.05, 3.63) is 59.2 Å². The summed E-state index contributed by atoms with van der Waals surface area (Å²) in [6, 6.07) is 13.1. The Labute approximate surface area is 175 Å². The van der Waals surface area contributed by atoms with Crippen LogP contribution in [0.15, 0.2) is 47.4 Å². The molecule has 1 heterocycles. The van der Waals surface area contributed by atoms with Crippen LogP contribution >= 0.6 is 0 Å². The Kier molecular flexibility index (Phi) is 6.20. The van der Waals surface area contributed by atoms with Crippen molar-refractivity contribution in [1.29, 1.82) is 5.26 Å². The normalized spacial score (nSPS) is 14.8. The van der Waals surface area contributed by atoms with Gasteiger partial charge in [-0.3, -0.25) is 9.59 Å². The van der Waals surface area contributed by atoms with Crippen molar-refractivity contribution in [2.75, 3.05) is 31.5 Å². The van der Waals surface area contributed by atoms with Gasteiger partial charge in [-0.1, -0.05) is 18.2 Å². The summed E-state index contributed by atoms with van der Waals surface area (Å²) >= 11 is 0. The zero-order valence-corrected chi connectivity index (χ0v) is 17.6. The van der Waals surface area contributed by atoms with Crippen LogP contribution in [0.5, 0.6) is 0 Å². The number of rotatable bonds is 4. The maximum absolute atomic E-state index is 12.9. The zero-order chi connectivity index (χ0) is 21.9. The van der Waals surface area contributed by atoms with Crippen molar-refractivity contribution in [3.63, 3.8) is 0 Å². The number of hydrogen-bond donors (Lipinski definition) is 1. The average Bonchev–Trinajstić information content (AvgIpc) is 2.74. The van der Waals surface area contributed by atoms with Crippen LogP contribution in [0, 0.1) is 18.3 Å². The standard InChI is InChI=1S/C21H22N4O4S/c1-15-7-8-17(13-19(15)23-16(2)26)21(27)24-9-11-25(12-10-24)30(28,29)20-6-4-3-5-18(20)14-22/h3-8,13H,9-12H2,1-2H3,(H,23,26). The van der Waals surface area contributed by atoms with E-state index in [1.54, 1.807) is 35.2 Å². The Balaban J connectivity index is 1.73. The molecule has 0 unspecified atom stereocenters. The number of piperazine rings is 1. The molecule has 156 valence electrons. The average molecular weight is 426 g/mol. The van der Waals surface area contributed by atoms with Gasteiger partial charge in [0.05, 0.1) is 10.5 Å². The number of carbonyl (C=O) groups is 2. The minimum absolute atomic E-state index is 0.0224. The van der Waals surface area contributed by atoms with E-state index in [9.17, 15) is 23.3 Å². The predicted molar refractivity (Wildman–Crippen MR) is 111 cm³/mol.